The van der Waals surface area contributed by atoms with Gasteiger partial charge in [0.05, 0.1) is 31.3 Å². The average molecular weight is 913 g/mol. The third-order valence-electron chi connectivity index (χ3n) is 13.3. The number of carbonyl (C=O) groups excluding carboxylic acids is 1. The maximum Gasteiger partial charge on any atom is 0.222 e. The zero-order chi connectivity index (χ0) is 47.2. The van der Waals surface area contributed by atoms with Crippen LogP contribution in [0.5, 0.6) is 0 Å². The average Bonchev–Trinajstić information content (AvgIpc) is 3.30. The number of amides is 1. The number of hydrogen-bond acceptors (Lipinski definition) is 4. The van der Waals surface area contributed by atoms with Crippen LogP contribution in [0.4, 0.5) is 0 Å². The number of rotatable bonds is 53. The maximum atomic E-state index is 12.5. The van der Waals surface area contributed by atoms with Crippen LogP contribution in [0, 0.1) is 0 Å². The summed E-state index contributed by atoms with van der Waals surface area (Å²) in [5.41, 5.74) is 0. The van der Waals surface area contributed by atoms with Gasteiger partial charge in [-0.2, -0.15) is 0 Å². The van der Waals surface area contributed by atoms with Crippen LogP contribution in [-0.4, -0.2) is 46.1 Å². The predicted molar refractivity (Wildman–Crippen MR) is 287 cm³/mol. The van der Waals surface area contributed by atoms with Crippen LogP contribution in [0.3, 0.4) is 0 Å². The van der Waals surface area contributed by atoms with Crippen LogP contribution in [0.1, 0.15) is 303 Å². The predicted octanol–water partition coefficient (Wildman–Crippen LogP) is 18.0. The molecule has 1 amide bonds. The van der Waals surface area contributed by atoms with Gasteiger partial charge >= 0.3 is 0 Å². The molecule has 3 unspecified atom stereocenters. The molecule has 5 heteroatoms. The molecule has 0 spiro atoms. The third kappa shape index (κ3) is 51.5. The van der Waals surface area contributed by atoms with Gasteiger partial charge in [0.15, 0.2) is 0 Å². The Morgan fingerprint density at radius 3 is 1.08 bits per heavy atom. The van der Waals surface area contributed by atoms with Gasteiger partial charge in [0.1, 0.15) is 0 Å². The Morgan fingerprint density at radius 2 is 0.708 bits per heavy atom. The van der Waals surface area contributed by atoms with E-state index in [0.717, 1.165) is 38.5 Å². The molecule has 382 valence electrons. The lowest BCUT2D eigenvalue weighted by molar-refractivity contribution is -0.124. The molecular formula is C60H113NO4. The number of nitrogens with one attached hydrogen (secondary N) is 1. The van der Waals surface area contributed by atoms with E-state index in [1.165, 1.54) is 238 Å². The Hall–Kier alpha value is -1.69. The van der Waals surface area contributed by atoms with Gasteiger partial charge in [-0.25, -0.2) is 0 Å². The van der Waals surface area contributed by atoms with E-state index in [4.69, 9.17) is 0 Å². The van der Waals surface area contributed by atoms with Crippen LogP contribution < -0.4 is 5.32 Å². The highest BCUT2D eigenvalue weighted by Crippen LogP contribution is 2.17. The van der Waals surface area contributed by atoms with E-state index in [0.29, 0.717) is 6.42 Å². The van der Waals surface area contributed by atoms with Crippen LogP contribution in [0.2, 0.25) is 0 Å². The van der Waals surface area contributed by atoms with Crippen molar-refractivity contribution in [1.29, 1.82) is 0 Å². The summed E-state index contributed by atoms with van der Waals surface area (Å²) in [6, 6.07) is -0.762. The van der Waals surface area contributed by atoms with Crippen molar-refractivity contribution in [3.63, 3.8) is 0 Å². The van der Waals surface area contributed by atoms with Gasteiger partial charge in [0.25, 0.3) is 0 Å². The lowest BCUT2D eigenvalue weighted by Gasteiger charge is -2.21. The van der Waals surface area contributed by atoms with E-state index in [1.807, 2.05) is 6.08 Å². The molecule has 0 rings (SSSR count). The Labute approximate surface area is 406 Å². The van der Waals surface area contributed by atoms with Gasteiger partial charge in [-0.3, -0.25) is 4.79 Å². The number of aliphatic hydroxyl groups is 3. The third-order valence-corrected chi connectivity index (χ3v) is 13.3. The summed E-state index contributed by atoms with van der Waals surface area (Å²) in [6.07, 6.45) is 73.2. The minimum atomic E-state index is -0.952. The van der Waals surface area contributed by atoms with Crippen LogP contribution >= 0.6 is 0 Å². The molecule has 0 saturated carbocycles. The fourth-order valence-electron chi connectivity index (χ4n) is 8.92. The summed E-state index contributed by atoms with van der Waals surface area (Å²) in [7, 11) is 0. The molecule has 0 aromatic carbocycles. The smallest absolute Gasteiger partial charge is 0.222 e. The molecule has 0 saturated heterocycles. The zero-order valence-electron chi connectivity index (χ0n) is 43.6. The van der Waals surface area contributed by atoms with Gasteiger partial charge in [-0.1, -0.05) is 281 Å². The van der Waals surface area contributed by atoms with Crippen LogP contribution in [0.15, 0.2) is 48.6 Å². The normalized spacial score (nSPS) is 13.6. The van der Waals surface area contributed by atoms with Crippen molar-refractivity contribution in [2.75, 3.05) is 6.61 Å². The van der Waals surface area contributed by atoms with Gasteiger partial charge in [0.2, 0.25) is 5.91 Å². The number of hydrogen-bond donors (Lipinski definition) is 4. The summed E-state index contributed by atoms with van der Waals surface area (Å²) in [6.45, 7) is 4.22. The molecule has 0 heterocycles. The number of unbranched alkanes of at least 4 members (excludes halogenated alkanes) is 38. The molecule has 0 radical (unpaired) electrons. The topological polar surface area (TPSA) is 89.8 Å². The zero-order valence-corrected chi connectivity index (χ0v) is 43.6. The standard InChI is InChI=1S/C60H113NO4/c1-3-5-7-9-11-13-15-17-19-20-21-22-23-24-25-26-27-28-29-30-31-32-33-34-35-36-37-38-40-41-43-45-47-49-51-53-57(63)55-60(65)61-58(56-62)59(64)54-52-50-48-46-44-42-39-18-16-14-12-10-8-6-4-2/h25-26,28-29,44,46,52,54,57-59,62-64H,3-24,27,30-43,45,47-51,53,55-56H2,1-2H3,(H,61,65)/b26-25-,29-28-,46-44+,54-52+. The highest BCUT2D eigenvalue weighted by Gasteiger charge is 2.20. The van der Waals surface area contributed by atoms with Crippen LogP contribution in [-0.2, 0) is 4.79 Å². The SMILES string of the molecule is CCCCCCCCCCC/C=C/CC/C=C/C(O)C(CO)NC(=O)CC(O)CCCCCCCCCCCCCCCCC/C=C\C/C=C\CCCCCCCCCCCCCCC. The van der Waals surface area contributed by atoms with E-state index in [9.17, 15) is 20.1 Å². The molecule has 3 atom stereocenters. The molecule has 0 aliphatic heterocycles. The van der Waals surface area contributed by atoms with Crippen molar-refractivity contribution >= 4 is 5.91 Å². The van der Waals surface area contributed by atoms with Crippen molar-refractivity contribution in [1.82, 2.24) is 5.32 Å². The van der Waals surface area contributed by atoms with Crippen molar-refractivity contribution in [2.24, 2.45) is 0 Å². The minimum Gasteiger partial charge on any atom is -0.394 e. The summed E-state index contributed by atoms with van der Waals surface area (Å²) in [4.78, 5) is 12.5. The lowest BCUT2D eigenvalue weighted by atomic mass is 10.0. The second-order valence-electron chi connectivity index (χ2n) is 19.9. The van der Waals surface area contributed by atoms with Gasteiger partial charge in [-0.05, 0) is 64.2 Å². The van der Waals surface area contributed by atoms with E-state index >= 15 is 0 Å². The van der Waals surface area contributed by atoms with E-state index < -0.39 is 18.2 Å². The van der Waals surface area contributed by atoms with Crippen molar-refractivity contribution < 1.29 is 20.1 Å². The van der Waals surface area contributed by atoms with Gasteiger partial charge in [0, 0.05) is 0 Å². The summed E-state index contributed by atoms with van der Waals surface area (Å²) in [5.74, 6) is -0.324. The van der Waals surface area contributed by atoms with Crippen molar-refractivity contribution in [3.8, 4) is 0 Å². The van der Waals surface area contributed by atoms with Crippen LogP contribution in [0.25, 0.3) is 0 Å². The monoisotopic (exact) mass is 912 g/mol. The fourth-order valence-corrected chi connectivity index (χ4v) is 8.92. The molecule has 0 aliphatic rings. The Bertz CT molecular complexity index is 1050. The van der Waals surface area contributed by atoms with Gasteiger partial charge < -0.3 is 20.6 Å². The maximum absolute atomic E-state index is 12.5. The second kappa shape index (κ2) is 54.9. The summed E-state index contributed by atoms with van der Waals surface area (Å²) in [5, 5.41) is 33.4. The van der Waals surface area contributed by atoms with E-state index in [-0.39, 0.29) is 18.9 Å². The fraction of sp³-hybridized carbons (Fsp3) is 0.850. The number of allylic oxidation sites excluding steroid dienone is 7. The molecule has 65 heavy (non-hydrogen) atoms. The molecular weight excluding hydrogens is 799 g/mol. The van der Waals surface area contributed by atoms with E-state index in [1.54, 1.807) is 6.08 Å². The van der Waals surface area contributed by atoms with Crippen molar-refractivity contribution in [2.45, 2.75) is 321 Å². The number of carbonyl (C=O) groups is 1. The quantitative estimate of drug-likeness (QED) is 0.0361. The lowest BCUT2D eigenvalue weighted by Crippen LogP contribution is -2.45. The first-order valence-corrected chi connectivity index (χ1v) is 28.9. The Morgan fingerprint density at radius 1 is 0.400 bits per heavy atom. The summed E-state index contributed by atoms with van der Waals surface area (Å²) < 4.78 is 0. The Kier molecular flexibility index (Phi) is 53.5. The Balaban J connectivity index is 3.53. The molecule has 0 aromatic rings. The largest absolute Gasteiger partial charge is 0.394 e. The van der Waals surface area contributed by atoms with Crippen molar-refractivity contribution in [3.05, 3.63) is 48.6 Å². The molecule has 4 N–H and O–H groups in total. The molecule has 0 bridgehead atoms. The highest BCUT2D eigenvalue weighted by molar-refractivity contribution is 5.76. The summed E-state index contributed by atoms with van der Waals surface area (Å²) >= 11 is 0. The first-order valence-electron chi connectivity index (χ1n) is 28.9. The first-order chi connectivity index (χ1) is 32.0. The van der Waals surface area contributed by atoms with Gasteiger partial charge in [-0.15, -0.1) is 0 Å². The molecule has 5 nitrogen and oxygen atoms in total. The highest BCUT2D eigenvalue weighted by atomic mass is 16.3. The number of aliphatic hydroxyl groups excluding tert-OH is 3. The first kappa shape index (κ1) is 63.3. The molecule has 0 aliphatic carbocycles. The molecule has 0 fully saturated rings. The van der Waals surface area contributed by atoms with E-state index in [2.05, 4.69) is 55.6 Å². The minimum absolute atomic E-state index is 0.00608. The molecule has 0 aromatic heterocycles. The second-order valence-corrected chi connectivity index (χ2v) is 19.9.